The van der Waals surface area contributed by atoms with Crippen LogP contribution in [0.2, 0.25) is 10.0 Å². The van der Waals surface area contributed by atoms with Crippen molar-refractivity contribution in [1.29, 1.82) is 0 Å². The maximum atomic E-state index is 13.2. The minimum atomic E-state index is -1.47. The highest BCUT2D eigenvalue weighted by molar-refractivity contribution is 6.33. The minimum absolute atomic E-state index is 0.198. The first kappa shape index (κ1) is 28.2. The molecule has 0 saturated carbocycles. The molecular weight excluding hydrogens is 497 g/mol. The predicted molar refractivity (Wildman–Crippen MR) is 135 cm³/mol. The molecule has 0 bridgehead atoms. The van der Waals surface area contributed by atoms with Gasteiger partial charge in [-0.3, -0.25) is 9.59 Å². The van der Waals surface area contributed by atoms with Gasteiger partial charge in [0.05, 0.1) is 31.5 Å². The van der Waals surface area contributed by atoms with Gasteiger partial charge in [0, 0.05) is 17.2 Å². The standard InChI is InChI=1S/C24H29Cl2N3O6/c1-6-32-17-11-10-16(26)23(35-9-4)22(17)27-24(31)20(14(5)30)28-29-21-18(33-7-2)12-15(25)13-19(21)34-8-3/h10-13,20H,6-9H2,1-5H3,(H,27,31). The average Bonchev–Trinajstić information content (AvgIpc) is 2.79. The highest BCUT2D eigenvalue weighted by atomic mass is 35.5. The molecule has 9 nitrogen and oxygen atoms in total. The van der Waals surface area contributed by atoms with E-state index < -0.39 is 17.7 Å². The molecule has 1 N–H and O–H groups in total. The van der Waals surface area contributed by atoms with Crippen LogP contribution in [0.1, 0.15) is 34.6 Å². The van der Waals surface area contributed by atoms with E-state index in [1.54, 1.807) is 52.0 Å². The van der Waals surface area contributed by atoms with E-state index in [1.165, 1.54) is 6.92 Å². The maximum Gasteiger partial charge on any atom is 0.259 e. The molecule has 1 unspecified atom stereocenters. The quantitative estimate of drug-likeness (QED) is 0.244. The Morgan fingerprint density at radius 3 is 1.94 bits per heavy atom. The van der Waals surface area contributed by atoms with Gasteiger partial charge in [0.1, 0.15) is 11.4 Å². The van der Waals surface area contributed by atoms with Crippen LogP contribution in [0.4, 0.5) is 11.4 Å². The van der Waals surface area contributed by atoms with Gasteiger partial charge in [-0.05, 0) is 46.8 Å². The molecule has 0 aliphatic carbocycles. The second kappa shape index (κ2) is 13.7. The lowest BCUT2D eigenvalue weighted by Crippen LogP contribution is -2.32. The normalized spacial score (nSPS) is 11.7. The molecule has 0 saturated heterocycles. The van der Waals surface area contributed by atoms with E-state index in [0.717, 1.165) is 0 Å². The first-order valence-corrected chi connectivity index (χ1v) is 11.9. The SMILES string of the molecule is CCOc1cc(Cl)cc(OCC)c1N=NC(C(C)=O)C(=O)Nc1c(OCC)ccc(Cl)c1OCC. The number of halogens is 2. The summed E-state index contributed by atoms with van der Waals surface area (Å²) in [4.78, 5) is 25.5. The second-order valence-electron chi connectivity index (χ2n) is 6.95. The molecule has 0 aliphatic rings. The Labute approximate surface area is 214 Å². The summed E-state index contributed by atoms with van der Waals surface area (Å²) in [6.07, 6.45) is 0. The van der Waals surface area contributed by atoms with E-state index in [9.17, 15) is 9.59 Å². The van der Waals surface area contributed by atoms with E-state index in [-0.39, 0.29) is 22.1 Å². The summed E-state index contributed by atoms with van der Waals surface area (Å²) in [5.41, 5.74) is 0.411. The molecule has 190 valence electrons. The zero-order valence-electron chi connectivity index (χ0n) is 20.3. The Kier molecular flexibility index (Phi) is 11.1. The Hall–Kier alpha value is -3.04. The molecule has 0 spiro atoms. The Morgan fingerprint density at radius 1 is 0.886 bits per heavy atom. The Morgan fingerprint density at radius 2 is 1.43 bits per heavy atom. The highest BCUT2D eigenvalue weighted by Gasteiger charge is 2.27. The lowest BCUT2D eigenvalue weighted by Gasteiger charge is -2.18. The monoisotopic (exact) mass is 525 g/mol. The molecule has 1 amide bonds. The highest BCUT2D eigenvalue weighted by Crippen LogP contribution is 2.42. The number of hydrogen-bond donors (Lipinski definition) is 1. The molecule has 35 heavy (non-hydrogen) atoms. The molecule has 0 heterocycles. The molecule has 0 aromatic heterocycles. The number of amides is 1. The smallest absolute Gasteiger partial charge is 0.259 e. The molecule has 0 fully saturated rings. The summed E-state index contributed by atoms with van der Waals surface area (Å²) >= 11 is 12.4. The van der Waals surface area contributed by atoms with Crippen molar-refractivity contribution < 1.29 is 28.5 Å². The number of carbonyl (C=O) groups is 2. The summed E-state index contributed by atoms with van der Waals surface area (Å²) in [5, 5.41) is 11.5. The maximum absolute atomic E-state index is 13.2. The third kappa shape index (κ3) is 7.47. The zero-order valence-corrected chi connectivity index (χ0v) is 21.8. The van der Waals surface area contributed by atoms with Crippen LogP contribution in [0.15, 0.2) is 34.5 Å². The summed E-state index contributed by atoms with van der Waals surface area (Å²) in [6.45, 7) is 9.71. The first-order valence-electron chi connectivity index (χ1n) is 11.2. The van der Waals surface area contributed by atoms with Crippen LogP contribution >= 0.6 is 23.2 Å². The van der Waals surface area contributed by atoms with E-state index in [0.29, 0.717) is 48.7 Å². The van der Waals surface area contributed by atoms with Gasteiger partial charge < -0.3 is 24.3 Å². The molecule has 2 rings (SSSR count). The number of rotatable bonds is 13. The van der Waals surface area contributed by atoms with Crippen molar-refractivity contribution in [1.82, 2.24) is 0 Å². The molecule has 2 aromatic carbocycles. The number of nitrogens with one attached hydrogen (secondary N) is 1. The van der Waals surface area contributed by atoms with Crippen LogP contribution in [0.25, 0.3) is 0 Å². The summed E-state index contributed by atoms with van der Waals surface area (Å²) < 4.78 is 22.4. The van der Waals surface area contributed by atoms with Gasteiger partial charge in [0.2, 0.25) is 6.04 Å². The number of ether oxygens (including phenoxy) is 4. The summed E-state index contributed by atoms with van der Waals surface area (Å²) in [7, 11) is 0. The number of azo groups is 1. The Balaban J connectivity index is 2.47. The lowest BCUT2D eigenvalue weighted by atomic mass is 10.2. The molecule has 11 heteroatoms. The lowest BCUT2D eigenvalue weighted by molar-refractivity contribution is -0.126. The number of ketones is 1. The number of carbonyl (C=O) groups excluding carboxylic acids is 2. The molecular formula is C24H29Cl2N3O6. The van der Waals surface area contributed by atoms with Gasteiger partial charge in [-0.2, -0.15) is 5.11 Å². The fraction of sp³-hybridized carbons (Fsp3) is 0.417. The van der Waals surface area contributed by atoms with Crippen molar-refractivity contribution in [3.63, 3.8) is 0 Å². The summed E-state index contributed by atoms with van der Waals surface area (Å²) in [5.74, 6) is -0.0982. The number of anilines is 1. The van der Waals surface area contributed by atoms with Crippen molar-refractivity contribution in [3.8, 4) is 23.0 Å². The van der Waals surface area contributed by atoms with Crippen LogP contribution in [0.3, 0.4) is 0 Å². The number of nitrogens with zero attached hydrogens (tertiary/aromatic N) is 2. The van der Waals surface area contributed by atoms with Crippen molar-refractivity contribution in [2.75, 3.05) is 31.7 Å². The van der Waals surface area contributed by atoms with Crippen LogP contribution in [-0.2, 0) is 9.59 Å². The number of hydrogen-bond acceptors (Lipinski definition) is 8. The minimum Gasteiger partial charge on any atom is -0.492 e. The van der Waals surface area contributed by atoms with Gasteiger partial charge in [-0.15, -0.1) is 5.11 Å². The van der Waals surface area contributed by atoms with Crippen LogP contribution < -0.4 is 24.3 Å². The van der Waals surface area contributed by atoms with Gasteiger partial charge in [-0.25, -0.2) is 0 Å². The third-order valence-electron chi connectivity index (χ3n) is 4.42. The van der Waals surface area contributed by atoms with E-state index in [1.807, 2.05) is 0 Å². The molecule has 0 aliphatic heterocycles. The predicted octanol–water partition coefficient (Wildman–Crippen LogP) is 6.27. The first-order chi connectivity index (χ1) is 16.8. The van der Waals surface area contributed by atoms with E-state index in [4.69, 9.17) is 42.1 Å². The van der Waals surface area contributed by atoms with Gasteiger partial charge in [0.15, 0.2) is 28.7 Å². The topological polar surface area (TPSA) is 108 Å². The molecule has 2 aromatic rings. The van der Waals surface area contributed by atoms with E-state index >= 15 is 0 Å². The largest absolute Gasteiger partial charge is 0.492 e. The molecule has 1 atom stereocenters. The third-order valence-corrected chi connectivity index (χ3v) is 4.94. The number of benzene rings is 2. The van der Waals surface area contributed by atoms with Crippen molar-refractivity contribution >= 4 is 46.3 Å². The number of Topliss-reactive ketones (excluding diaryl/α,β-unsaturated/α-hetero) is 1. The van der Waals surface area contributed by atoms with Crippen LogP contribution in [0, 0.1) is 0 Å². The second-order valence-corrected chi connectivity index (χ2v) is 7.79. The van der Waals surface area contributed by atoms with E-state index in [2.05, 4.69) is 15.5 Å². The Bertz CT molecular complexity index is 1050. The van der Waals surface area contributed by atoms with Crippen LogP contribution in [0.5, 0.6) is 23.0 Å². The van der Waals surface area contributed by atoms with Gasteiger partial charge in [0.25, 0.3) is 5.91 Å². The van der Waals surface area contributed by atoms with Crippen LogP contribution in [-0.4, -0.2) is 44.2 Å². The fourth-order valence-electron chi connectivity index (χ4n) is 3.02. The molecule has 0 radical (unpaired) electrons. The van der Waals surface area contributed by atoms with Gasteiger partial charge in [-0.1, -0.05) is 23.2 Å². The zero-order chi connectivity index (χ0) is 26.0. The average molecular weight is 526 g/mol. The fourth-order valence-corrected chi connectivity index (χ4v) is 3.43. The summed E-state index contributed by atoms with van der Waals surface area (Å²) in [6, 6.07) is 4.84. The van der Waals surface area contributed by atoms with Gasteiger partial charge >= 0.3 is 0 Å². The van der Waals surface area contributed by atoms with Crippen molar-refractivity contribution in [3.05, 3.63) is 34.3 Å². The van der Waals surface area contributed by atoms with Crippen molar-refractivity contribution in [2.45, 2.75) is 40.7 Å². The van der Waals surface area contributed by atoms with Crippen molar-refractivity contribution in [2.24, 2.45) is 10.2 Å².